The highest BCUT2D eigenvalue weighted by atomic mass is 16.6. The monoisotopic (exact) mass is 293 g/mol. The third-order valence-corrected chi connectivity index (χ3v) is 5.04. The Hall–Kier alpha value is -1.39. The predicted octanol–water partition coefficient (Wildman–Crippen LogP) is 2.03. The number of ether oxygens (including phenoxy) is 1. The average Bonchev–Trinajstić information content (AvgIpc) is 2.73. The molecule has 21 heavy (non-hydrogen) atoms. The summed E-state index contributed by atoms with van der Waals surface area (Å²) in [6.07, 6.45) is 1.15. The second-order valence-corrected chi connectivity index (χ2v) is 6.38. The van der Waals surface area contributed by atoms with E-state index in [-0.39, 0.29) is 22.7 Å². The largest absolute Gasteiger partial charge is 0.460 e. The number of carbonyl (C=O) groups is 1. The maximum absolute atomic E-state index is 12.2. The van der Waals surface area contributed by atoms with Crippen LogP contribution in [0.1, 0.15) is 41.5 Å². The van der Waals surface area contributed by atoms with Gasteiger partial charge in [-0.2, -0.15) is 0 Å². The van der Waals surface area contributed by atoms with Crippen LogP contribution in [0.5, 0.6) is 0 Å². The number of hydrogen-bond acceptors (Lipinski definition) is 3. The maximum Gasteiger partial charge on any atom is 0.339 e. The molecule has 114 valence electrons. The fourth-order valence-electron chi connectivity index (χ4n) is 3.69. The van der Waals surface area contributed by atoms with E-state index in [1.165, 1.54) is 0 Å². The molecule has 3 rings (SSSR count). The van der Waals surface area contributed by atoms with E-state index in [1.807, 2.05) is 6.07 Å². The van der Waals surface area contributed by atoms with Crippen molar-refractivity contribution in [3.63, 3.8) is 0 Å². The van der Waals surface area contributed by atoms with Crippen LogP contribution in [0.15, 0.2) is 30.3 Å². The number of fused-ring (bicyclic) bond motifs is 2. The van der Waals surface area contributed by atoms with Crippen molar-refractivity contribution >= 4 is 5.97 Å². The summed E-state index contributed by atoms with van der Waals surface area (Å²) in [5.41, 5.74) is 0.504. The molecule has 1 aromatic rings. The molecule has 3 atom stereocenters. The lowest BCUT2D eigenvalue weighted by molar-refractivity contribution is -0.931. The summed E-state index contributed by atoms with van der Waals surface area (Å²) in [6, 6.07) is 8.63. The first kappa shape index (κ1) is 11.2. The van der Waals surface area contributed by atoms with Crippen molar-refractivity contribution in [1.82, 2.24) is 0 Å². The van der Waals surface area contributed by atoms with Crippen LogP contribution in [-0.2, 0) is 9.53 Å². The summed E-state index contributed by atoms with van der Waals surface area (Å²) >= 11 is 0. The Morgan fingerprint density at radius 2 is 1.95 bits per heavy atom. The van der Waals surface area contributed by atoms with Gasteiger partial charge < -0.3 is 14.3 Å². The molecular formula is C17H24NO3+. The van der Waals surface area contributed by atoms with Gasteiger partial charge in [0.25, 0.3) is 0 Å². The third-order valence-electron chi connectivity index (χ3n) is 5.04. The van der Waals surface area contributed by atoms with E-state index < -0.39 is 19.0 Å². The number of nitrogens with zero attached hydrogens (tertiary/aromatic N) is 1. The summed E-state index contributed by atoms with van der Waals surface area (Å²) in [5, 5.41) is 10.1. The van der Waals surface area contributed by atoms with Crippen LogP contribution >= 0.6 is 0 Å². The fraction of sp³-hybridized carbons (Fsp3) is 0.588. The van der Waals surface area contributed by atoms with Gasteiger partial charge in [0.05, 0.1) is 30.2 Å². The van der Waals surface area contributed by atoms with Gasteiger partial charge in [-0.3, -0.25) is 0 Å². The van der Waals surface area contributed by atoms with Gasteiger partial charge in [-0.05, 0) is 5.56 Å². The first-order valence-corrected chi connectivity index (χ1v) is 7.53. The average molecular weight is 293 g/mol. The number of rotatable bonds is 3. The number of aliphatic hydroxyl groups is 1. The van der Waals surface area contributed by atoms with E-state index in [2.05, 4.69) is 0 Å². The molecule has 2 aliphatic heterocycles. The molecule has 0 radical (unpaired) electrons. The highest BCUT2D eigenvalue weighted by molar-refractivity contribution is 5.76. The molecule has 4 heteroatoms. The summed E-state index contributed by atoms with van der Waals surface area (Å²) in [6.45, 7) is -2.05. The minimum Gasteiger partial charge on any atom is -0.460 e. The zero-order valence-corrected chi connectivity index (χ0v) is 12.2. The summed E-state index contributed by atoms with van der Waals surface area (Å²) in [4.78, 5) is 12.2. The fourth-order valence-corrected chi connectivity index (χ4v) is 3.69. The molecular weight excluding hydrogens is 266 g/mol. The standard InChI is InChI=1S/C17H24NO3/c1-18(2)13-8-9-14(18)11-15(10-13)21-17(20)16(19)12-6-4-3-5-7-12/h3-7,13-16,19H,8-11H2,1-2H3/q+1/i1D3. The number of piperidine rings is 1. The number of quaternary nitrogens is 1. The van der Waals surface area contributed by atoms with Crippen molar-refractivity contribution in [2.45, 2.75) is 50.0 Å². The Balaban J connectivity index is 1.66. The topological polar surface area (TPSA) is 46.5 Å². The van der Waals surface area contributed by atoms with Gasteiger partial charge in [-0.25, -0.2) is 4.79 Å². The van der Waals surface area contributed by atoms with Gasteiger partial charge in [0.15, 0.2) is 6.10 Å². The number of esters is 1. The Morgan fingerprint density at radius 1 is 1.33 bits per heavy atom. The van der Waals surface area contributed by atoms with Crippen molar-refractivity contribution in [2.24, 2.45) is 0 Å². The SMILES string of the molecule is [2H]C([2H])([2H])[N+]1(C)C2CCC1CC(OC(=O)C(O)c1ccccc1)C2. The van der Waals surface area contributed by atoms with E-state index in [1.54, 1.807) is 31.3 Å². The first-order chi connectivity index (χ1) is 11.2. The minimum absolute atomic E-state index is 0.0251. The molecule has 0 saturated carbocycles. The molecule has 0 aromatic heterocycles. The number of benzene rings is 1. The van der Waals surface area contributed by atoms with Crippen molar-refractivity contribution in [1.29, 1.82) is 0 Å². The highest BCUT2D eigenvalue weighted by Gasteiger charge is 2.50. The molecule has 0 aliphatic carbocycles. The molecule has 2 aliphatic rings. The molecule has 1 N–H and O–H groups in total. The Morgan fingerprint density at radius 3 is 2.52 bits per heavy atom. The number of hydrogen-bond donors (Lipinski definition) is 1. The zero-order valence-electron chi connectivity index (χ0n) is 15.2. The van der Waals surface area contributed by atoms with Crippen molar-refractivity contribution in [3.8, 4) is 0 Å². The van der Waals surface area contributed by atoms with Crippen LogP contribution in [0.4, 0.5) is 0 Å². The zero-order chi connectivity index (χ0) is 17.5. The summed E-state index contributed by atoms with van der Waals surface area (Å²) in [7, 11) is 1.80. The molecule has 0 amide bonds. The third kappa shape index (κ3) is 2.70. The number of carbonyl (C=O) groups excluding carboxylic acids is 1. The van der Waals surface area contributed by atoms with E-state index in [4.69, 9.17) is 8.85 Å². The van der Waals surface area contributed by atoms with Gasteiger partial charge in [0, 0.05) is 25.7 Å². The minimum atomic E-state index is -2.05. The lowest BCUT2D eigenvalue weighted by atomic mass is 9.97. The normalized spacial score (nSPS) is 39.0. The summed E-state index contributed by atoms with van der Waals surface area (Å²) in [5.74, 6) is -0.657. The smallest absolute Gasteiger partial charge is 0.339 e. The molecule has 2 fully saturated rings. The van der Waals surface area contributed by atoms with E-state index in [9.17, 15) is 9.90 Å². The maximum atomic E-state index is 12.2. The molecule has 3 unspecified atom stereocenters. The lowest BCUT2D eigenvalue weighted by Crippen LogP contribution is -2.56. The second-order valence-electron chi connectivity index (χ2n) is 6.38. The molecule has 1 aromatic carbocycles. The van der Waals surface area contributed by atoms with Crippen LogP contribution in [0.2, 0.25) is 0 Å². The summed E-state index contributed by atoms with van der Waals surface area (Å²) < 4.78 is 29.2. The number of aliphatic hydroxyl groups excluding tert-OH is 1. The van der Waals surface area contributed by atoms with Crippen LogP contribution < -0.4 is 0 Å². The van der Waals surface area contributed by atoms with Gasteiger partial charge in [-0.1, -0.05) is 30.3 Å². The lowest BCUT2D eigenvalue weighted by Gasteiger charge is -2.43. The Kier molecular flexibility index (Phi) is 2.90. The van der Waals surface area contributed by atoms with Crippen molar-refractivity contribution in [2.75, 3.05) is 14.0 Å². The molecule has 2 saturated heterocycles. The molecule has 0 spiro atoms. The second kappa shape index (κ2) is 5.43. The molecule has 4 nitrogen and oxygen atoms in total. The van der Waals surface area contributed by atoms with Gasteiger partial charge >= 0.3 is 5.97 Å². The van der Waals surface area contributed by atoms with Crippen LogP contribution in [0, 0.1) is 0 Å². The molecule has 2 bridgehead atoms. The van der Waals surface area contributed by atoms with Gasteiger partial charge in [-0.15, -0.1) is 0 Å². The van der Waals surface area contributed by atoms with E-state index >= 15 is 0 Å². The quantitative estimate of drug-likeness (QED) is 0.685. The van der Waals surface area contributed by atoms with Crippen LogP contribution in [-0.4, -0.2) is 47.8 Å². The van der Waals surface area contributed by atoms with E-state index in [0.29, 0.717) is 18.4 Å². The van der Waals surface area contributed by atoms with Crippen LogP contribution in [0.3, 0.4) is 0 Å². The predicted molar refractivity (Wildman–Crippen MR) is 79.4 cm³/mol. The van der Waals surface area contributed by atoms with Crippen molar-refractivity contribution in [3.05, 3.63) is 35.9 Å². The highest BCUT2D eigenvalue weighted by Crippen LogP contribution is 2.40. The van der Waals surface area contributed by atoms with Crippen molar-refractivity contribution < 1.29 is 23.2 Å². The van der Waals surface area contributed by atoms with Gasteiger partial charge in [0.2, 0.25) is 0 Å². The first-order valence-electron chi connectivity index (χ1n) is 9.03. The Labute approximate surface area is 130 Å². The molecule has 2 heterocycles. The van der Waals surface area contributed by atoms with Gasteiger partial charge in [0.1, 0.15) is 6.10 Å². The van der Waals surface area contributed by atoms with Crippen LogP contribution in [0.25, 0.3) is 0 Å². The van der Waals surface area contributed by atoms with E-state index in [0.717, 1.165) is 12.8 Å². The Bertz CT molecular complexity index is 591.